The summed E-state index contributed by atoms with van der Waals surface area (Å²) in [6.07, 6.45) is -3.85. The highest BCUT2D eigenvalue weighted by atomic mass is 35.5. The number of aliphatic carboxylic acids is 1. The molecule has 2 fully saturated rings. The van der Waals surface area contributed by atoms with Gasteiger partial charge in [0.15, 0.2) is 11.0 Å². The van der Waals surface area contributed by atoms with Crippen molar-refractivity contribution >= 4 is 23.5 Å². The summed E-state index contributed by atoms with van der Waals surface area (Å²) in [5, 5.41) is 10.8. The summed E-state index contributed by atoms with van der Waals surface area (Å²) in [5.74, 6) is -1.28. The van der Waals surface area contributed by atoms with Crippen LogP contribution in [-0.2, 0) is 4.79 Å². The molecule has 6 nitrogen and oxygen atoms in total. The van der Waals surface area contributed by atoms with Gasteiger partial charge in [-0.2, -0.15) is 13.2 Å². The first-order valence-corrected chi connectivity index (χ1v) is 7.60. The Morgan fingerprint density at radius 1 is 1.25 bits per heavy atom. The smallest absolute Gasteiger partial charge is 0.475 e. The van der Waals surface area contributed by atoms with Gasteiger partial charge in [-0.25, -0.2) is 4.79 Å². The van der Waals surface area contributed by atoms with E-state index in [1.165, 1.54) is 6.42 Å². The predicted molar refractivity (Wildman–Crippen MR) is 77.8 cm³/mol. The number of alkyl halides is 3. The second kappa shape index (κ2) is 7.43. The van der Waals surface area contributed by atoms with Crippen LogP contribution in [-0.4, -0.2) is 54.2 Å². The van der Waals surface area contributed by atoms with E-state index in [1.54, 1.807) is 12.1 Å². The number of furan rings is 1. The van der Waals surface area contributed by atoms with Crippen LogP contribution in [0.4, 0.5) is 13.2 Å². The Morgan fingerprint density at radius 2 is 1.79 bits per heavy atom. The Labute approximate surface area is 140 Å². The summed E-state index contributed by atoms with van der Waals surface area (Å²) >= 11 is 5.69. The first-order valence-electron chi connectivity index (χ1n) is 7.22. The van der Waals surface area contributed by atoms with Gasteiger partial charge in [0.2, 0.25) is 0 Å². The molecule has 1 aromatic rings. The fourth-order valence-electron chi connectivity index (χ4n) is 2.86. The van der Waals surface area contributed by atoms with Gasteiger partial charge >= 0.3 is 12.1 Å². The molecule has 3 rings (SSSR count). The lowest BCUT2D eigenvalue weighted by molar-refractivity contribution is -0.192. The van der Waals surface area contributed by atoms with E-state index in [9.17, 15) is 18.0 Å². The maximum atomic E-state index is 12.2. The van der Waals surface area contributed by atoms with Gasteiger partial charge in [-0.05, 0) is 55.1 Å². The SMILES string of the molecule is O=C(O)C(F)(F)F.O=C(c1ccc(Cl)o1)N1CC2CNCC(C2)C1. The predicted octanol–water partition coefficient (Wildman–Crippen LogP) is 2.25. The lowest BCUT2D eigenvalue weighted by Gasteiger charge is -2.41. The van der Waals surface area contributed by atoms with Crippen LogP contribution in [0.5, 0.6) is 0 Å². The zero-order chi connectivity index (χ0) is 17.9. The molecule has 0 saturated carbocycles. The highest BCUT2D eigenvalue weighted by Gasteiger charge is 2.38. The van der Waals surface area contributed by atoms with E-state index >= 15 is 0 Å². The van der Waals surface area contributed by atoms with Gasteiger partial charge < -0.3 is 19.7 Å². The molecule has 2 aliphatic rings. The minimum Gasteiger partial charge on any atom is -0.475 e. The van der Waals surface area contributed by atoms with E-state index < -0.39 is 12.1 Å². The van der Waals surface area contributed by atoms with Crippen LogP contribution in [0.1, 0.15) is 17.0 Å². The number of nitrogens with zero attached hydrogens (tertiary/aromatic N) is 1. The van der Waals surface area contributed by atoms with E-state index in [-0.39, 0.29) is 11.1 Å². The molecule has 0 spiro atoms. The third kappa shape index (κ3) is 4.88. The number of carbonyl (C=O) groups excluding carboxylic acids is 1. The molecule has 0 aliphatic carbocycles. The van der Waals surface area contributed by atoms with Gasteiger partial charge in [-0.1, -0.05) is 0 Å². The zero-order valence-corrected chi connectivity index (χ0v) is 13.2. The van der Waals surface area contributed by atoms with Crippen LogP contribution >= 0.6 is 11.6 Å². The molecule has 0 aromatic carbocycles. The summed E-state index contributed by atoms with van der Waals surface area (Å²) in [6, 6.07) is 3.26. The zero-order valence-electron chi connectivity index (χ0n) is 12.5. The number of hydrogen-bond donors (Lipinski definition) is 2. The van der Waals surface area contributed by atoms with E-state index in [1.807, 2.05) is 4.90 Å². The number of carbonyl (C=O) groups is 2. The maximum Gasteiger partial charge on any atom is 0.490 e. The molecule has 2 N–H and O–H groups in total. The van der Waals surface area contributed by atoms with E-state index in [4.69, 9.17) is 25.9 Å². The largest absolute Gasteiger partial charge is 0.490 e. The molecule has 10 heteroatoms. The Morgan fingerprint density at radius 3 is 2.21 bits per heavy atom. The molecule has 1 amide bonds. The summed E-state index contributed by atoms with van der Waals surface area (Å²) in [6.45, 7) is 3.67. The van der Waals surface area contributed by atoms with Crippen LogP contribution in [0.2, 0.25) is 5.22 Å². The average Bonchev–Trinajstić information content (AvgIpc) is 2.92. The quantitative estimate of drug-likeness (QED) is 0.794. The van der Waals surface area contributed by atoms with Crippen LogP contribution in [0.3, 0.4) is 0 Å². The van der Waals surface area contributed by atoms with Crippen molar-refractivity contribution in [3.8, 4) is 0 Å². The molecule has 2 atom stereocenters. The maximum absolute atomic E-state index is 12.2. The Kier molecular flexibility index (Phi) is 5.76. The number of fused-ring (bicyclic) bond motifs is 2. The highest BCUT2D eigenvalue weighted by molar-refractivity contribution is 6.29. The van der Waals surface area contributed by atoms with Crippen molar-refractivity contribution in [1.82, 2.24) is 10.2 Å². The van der Waals surface area contributed by atoms with Gasteiger partial charge in [0.25, 0.3) is 5.91 Å². The molecule has 2 aliphatic heterocycles. The van der Waals surface area contributed by atoms with Gasteiger partial charge in [0.1, 0.15) is 0 Å². The fourth-order valence-corrected chi connectivity index (χ4v) is 3.00. The van der Waals surface area contributed by atoms with Gasteiger partial charge in [-0.15, -0.1) is 0 Å². The van der Waals surface area contributed by atoms with Crippen molar-refractivity contribution in [3.05, 3.63) is 23.1 Å². The summed E-state index contributed by atoms with van der Waals surface area (Å²) < 4.78 is 36.9. The van der Waals surface area contributed by atoms with Crippen molar-refractivity contribution in [2.45, 2.75) is 12.6 Å². The molecule has 134 valence electrons. The first-order chi connectivity index (χ1) is 11.2. The third-order valence-corrected chi connectivity index (χ3v) is 4.01. The molecule has 2 bridgehead atoms. The summed E-state index contributed by atoms with van der Waals surface area (Å²) in [4.78, 5) is 23.0. The molecule has 2 saturated heterocycles. The highest BCUT2D eigenvalue weighted by Crippen LogP contribution is 2.26. The molecule has 2 unspecified atom stereocenters. The number of nitrogens with one attached hydrogen (secondary N) is 1. The lowest BCUT2D eigenvalue weighted by atomic mass is 9.86. The van der Waals surface area contributed by atoms with Crippen molar-refractivity contribution in [1.29, 1.82) is 0 Å². The van der Waals surface area contributed by atoms with E-state index in [0.29, 0.717) is 17.6 Å². The number of carboxylic acids is 1. The minimum atomic E-state index is -5.08. The number of hydrogen-bond acceptors (Lipinski definition) is 4. The van der Waals surface area contributed by atoms with Crippen molar-refractivity contribution in [2.24, 2.45) is 11.8 Å². The van der Waals surface area contributed by atoms with Crippen LogP contribution < -0.4 is 5.32 Å². The third-order valence-electron chi connectivity index (χ3n) is 3.80. The number of amides is 1. The standard InChI is InChI=1S/C12H15ClN2O2.C2HF3O2/c13-11-2-1-10(17-11)12(16)15-6-8-3-9(7-15)5-14-4-8;3-2(4,5)1(6)7/h1-2,8-9,14H,3-7H2;(H,6,7). The second-order valence-electron chi connectivity index (χ2n) is 5.74. The van der Waals surface area contributed by atoms with Gasteiger partial charge in [0, 0.05) is 13.1 Å². The van der Waals surface area contributed by atoms with E-state index in [2.05, 4.69) is 5.32 Å². The minimum absolute atomic E-state index is 0.0338. The summed E-state index contributed by atoms with van der Waals surface area (Å²) in [5.41, 5.74) is 0. The van der Waals surface area contributed by atoms with E-state index in [0.717, 1.165) is 26.2 Å². The topological polar surface area (TPSA) is 82.8 Å². The number of likely N-dealkylation sites (tertiary alicyclic amines) is 1. The average molecular weight is 369 g/mol. The monoisotopic (exact) mass is 368 g/mol. The molecular weight excluding hydrogens is 353 g/mol. The number of halogens is 4. The van der Waals surface area contributed by atoms with Crippen molar-refractivity contribution in [3.63, 3.8) is 0 Å². The lowest BCUT2D eigenvalue weighted by Crippen LogP contribution is -2.52. The summed E-state index contributed by atoms with van der Waals surface area (Å²) in [7, 11) is 0. The molecule has 1 aromatic heterocycles. The number of piperidine rings is 2. The van der Waals surface area contributed by atoms with Crippen molar-refractivity contribution in [2.75, 3.05) is 26.2 Å². The van der Waals surface area contributed by atoms with Crippen molar-refractivity contribution < 1.29 is 32.3 Å². The molecular formula is C14H16ClF3N2O4. The van der Waals surface area contributed by atoms with Crippen LogP contribution in [0.25, 0.3) is 0 Å². The number of rotatable bonds is 1. The van der Waals surface area contributed by atoms with Crippen LogP contribution in [0, 0.1) is 11.8 Å². The Balaban J connectivity index is 0.000000256. The molecule has 3 heterocycles. The Bertz CT molecular complexity index is 593. The fraction of sp³-hybridized carbons (Fsp3) is 0.571. The Hall–Kier alpha value is -1.74. The normalized spacial score (nSPS) is 23.2. The van der Waals surface area contributed by atoms with Gasteiger partial charge in [-0.3, -0.25) is 4.79 Å². The second-order valence-corrected chi connectivity index (χ2v) is 6.12. The van der Waals surface area contributed by atoms with Gasteiger partial charge in [0.05, 0.1) is 0 Å². The van der Waals surface area contributed by atoms with Crippen LogP contribution in [0.15, 0.2) is 16.5 Å². The first kappa shape index (κ1) is 18.6. The number of carboxylic acid groups (broad SMARTS) is 1. The molecule has 24 heavy (non-hydrogen) atoms. The molecule has 0 radical (unpaired) electrons.